The minimum absolute atomic E-state index is 0.103. The number of hydrogen-bond acceptors (Lipinski definition) is 4. The first-order chi connectivity index (χ1) is 9.61. The fourth-order valence-electron chi connectivity index (χ4n) is 1.91. The quantitative estimate of drug-likeness (QED) is 0.834. The number of amides is 1. The number of carbonyl (C=O) groups is 1. The van der Waals surface area contributed by atoms with Crippen LogP contribution >= 0.6 is 0 Å². The molecule has 1 aromatic carbocycles. The maximum atomic E-state index is 12.4. The van der Waals surface area contributed by atoms with E-state index in [1.807, 2.05) is 19.1 Å². The van der Waals surface area contributed by atoms with Crippen LogP contribution in [-0.4, -0.2) is 27.4 Å². The lowest BCUT2D eigenvalue weighted by molar-refractivity contribution is 0.0749. The summed E-state index contributed by atoms with van der Waals surface area (Å²) < 4.78 is 0. The molecule has 1 heterocycles. The lowest BCUT2D eigenvalue weighted by atomic mass is 10.1. The van der Waals surface area contributed by atoms with Gasteiger partial charge in [-0.25, -0.2) is 0 Å². The van der Waals surface area contributed by atoms with E-state index in [1.54, 1.807) is 17.0 Å². The highest BCUT2D eigenvalue weighted by atomic mass is 16.3. The average molecular weight is 271 g/mol. The molecule has 2 aromatic rings. The lowest BCUT2D eigenvalue weighted by Crippen LogP contribution is -2.30. The van der Waals surface area contributed by atoms with E-state index in [-0.39, 0.29) is 17.2 Å². The first kappa shape index (κ1) is 13.9. The molecule has 5 nitrogen and oxygen atoms in total. The molecular weight excluding hydrogens is 254 g/mol. The summed E-state index contributed by atoms with van der Waals surface area (Å²) >= 11 is 0. The molecule has 0 aliphatic carbocycles. The van der Waals surface area contributed by atoms with Gasteiger partial charge in [0.05, 0.1) is 11.8 Å². The fraction of sp³-hybridized carbons (Fsp3) is 0.200. The molecule has 0 atom stereocenters. The SMILES string of the molecule is CCN(Cc1ccc(N)cc1)C(=O)c1ccncc1O. The maximum absolute atomic E-state index is 12.4. The van der Waals surface area contributed by atoms with Crippen LogP contribution in [0.5, 0.6) is 5.75 Å². The van der Waals surface area contributed by atoms with E-state index in [4.69, 9.17) is 5.73 Å². The van der Waals surface area contributed by atoms with E-state index in [0.717, 1.165) is 5.56 Å². The van der Waals surface area contributed by atoms with Crippen molar-refractivity contribution in [2.45, 2.75) is 13.5 Å². The van der Waals surface area contributed by atoms with Gasteiger partial charge in [0.2, 0.25) is 0 Å². The molecule has 104 valence electrons. The van der Waals surface area contributed by atoms with Crippen LogP contribution in [-0.2, 0) is 6.54 Å². The third-order valence-electron chi connectivity index (χ3n) is 3.05. The summed E-state index contributed by atoms with van der Waals surface area (Å²) in [5, 5.41) is 9.70. The number of nitrogens with zero attached hydrogens (tertiary/aromatic N) is 2. The average Bonchev–Trinajstić information content (AvgIpc) is 2.46. The summed E-state index contributed by atoms with van der Waals surface area (Å²) in [6, 6.07) is 8.90. The molecular formula is C15H17N3O2. The molecule has 1 amide bonds. The first-order valence-corrected chi connectivity index (χ1v) is 6.38. The Morgan fingerprint density at radius 2 is 2.00 bits per heavy atom. The molecule has 0 fully saturated rings. The highest BCUT2D eigenvalue weighted by molar-refractivity contribution is 5.96. The van der Waals surface area contributed by atoms with Crippen LogP contribution < -0.4 is 5.73 Å². The topological polar surface area (TPSA) is 79.5 Å². The molecule has 0 aliphatic heterocycles. The lowest BCUT2D eigenvalue weighted by Gasteiger charge is -2.21. The van der Waals surface area contributed by atoms with Crippen molar-refractivity contribution in [3.05, 3.63) is 53.9 Å². The normalized spacial score (nSPS) is 10.2. The number of pyridine rings is 1. The zero-order chi connectivity index (χ0) is 14.5. The van der Waals surface area contributed by atoms with E-state index >= 15 is 0 Å². The van der Waals surface area contributed by atoms with Crippen molar-refractivity contribution < 1.29 is 9.90 Å². The Bertz CT molecular complexity index is 596. The van der Waals surface area contributed by atoms with Crippen molar-refractivity contribution in [2.75, 3.05) is 12.3 Å². The molecule has 0 saturated carbocycles. The van der Waals surface area contributed by atoms with Crippen LogP contribution in [0.4, 0.5) is 5.69 Å². The summed E-state index contributed by atoms with van der Waals surface area (Å²) in [6.45, 7) is 2.91. The third-order valence-corrected chi connectivity index (χ3v) is 3.05. The van der Waals surface area contributed by atoms with Crippen LogP contribution in [0.25, 0.3) is 0 Å². The summed E-state index contributed by atoms with van der Waals surface area (Å²) in [5.74, 6) is -0.322. The second kappa shape index (κ2) is 6.06. The number of hydrogen-bond donors (Lipinski definition) is 2. The zero-order valence-corrected chi connectivity index (χ0v) is 11.3. The van der Waals surface area contributed by atoms with Crippen LogP contribution in [0.15, 0.2) is 42.7 Å². The predicted molar refractivity (Wildman–Crippen MR) is 77.2 cm³/mol. The van der Waals surface area contributed by atoms with Crippen LogP contribution in [0.3, 0.4) is 0 Å². The first-order valence-electron chi connectivity index (χ1n) is 6.38. The van der Waals surface area contributed by atoms with Gasteiger partial charge in [-0.2, -0.15) is 0 Å². The van der Waals surface area contributed by atoms with Gasteiger partial charge in [-0.05, 0) is 30.7 Å². The Morgan fingerprint density at radius 3 is 2.60 bits per heavy atom. The number of nitrogens with two attached hydrogens (primary N) is 1. The van der Waals surface area contributed by atoms with Crippen molar-refractivity contribution >= 4 is 11.6 Å². The summed E-state index contributed by atoms with van der Waals surface area (Å²) in [7, 11) is 0. The molecule has 0 saturated heterocycles. The summed E-state index contributed by atoms with van der Waals surface area (Å²) in [4.78, 5) is 17.8. The van der Waals surface area contributed by atoms with Crippen molar-refractivity contribution in [3.8, 4) is 5.75 Å². The predicted octanol–water partition coefficient (Wildman–Crippen LogP) is 2.03. The van der Waals surface area contributed by atoms with E-state index in [0.29, 0.717) is 18.8 Å². The number of benzene rings is 1. The monoisotopic (exact) mass is 271 g/mol. The van der Waals surface area contributed by atoms with Crippen LogP contribution in [0.1, 0.15) is 22.8 Å². The number of anilines is 1. The van der Waals surface area contributed by atoms with Gasteiger partial charge in [0.1, 0.15) is 5.75 Å². The second-order valence-electron chi connectivity index (χ2n) is 4.45. The summed E-state index contributed by atoms with van der Waals surface area (Å²) in [6.07, 6.45) is 2.76. The van der Waals surface area contributed by atoms with Crippen molar-refractivity contribution in [2.24, 2.45) is 0 Å². The Kier molecular flexibility index (Phi) is 4.20. The van der Waals surface area contributed by atoms with Gasteiger partial charge in [-0.3, -0.25) is 9.78 Å². The zero-order valence-electron chi connectivity index (χ0n) is 11.3. The second-order valence-corrected chi connectivity index (χ2v) is 4.45. The standard InChI is InChI=1S/C15H17N3O2/c1-2-18(10-11-3-5-12(16)6-4-11)15(20)13-7-8-17-9-14(13)19/h3-9,19H,2,10,16H2,1H3. The largest absolute Gasteiger partial charge is 0.505 e. The maximum Gasteiger partial charge on any atom is 0.258 e. The minimum atomic E-state index is -0.218. The summed E-state index contributed by atoms with van der Waals surface area (Å²) in [5.41, 5.74) is 7.58. The van der Waals surface area contributed by atoms with Crippen LogP contribution in [0.2, 0.25) is 0 Å². The smallest absolute Gasteiger partial charge is 0.258 e. The molecule has 3 N–H and O–H groups in total. The minimum Gasteiger partial charge on any atom is -0.505 e. The molecule has 2 rings (SSSR count). The molecule has 0 bridgehead atoms. The van der Waals surface area contributed by atoms with E-state index in [9.17, 15) is 9.90 Å². The van der Waals surface area contributed by atoms with Gasteiger partial charge in [0, 0.05) is 25.0 Å². The molecule has 20 heavy (non-hydrogen) atoms. The molecule has 0 spiro atoms. The van der Waals surface area contributed by atoms with Crippen molar-refractivity contribution in [1.82, 2.24) is 9.88 Å². The molecule has 0 unspecified atom stereocenters. The van der Waals surface area contributed by atoms with Crippen molar-refractivity contribution in [1.29, 1.82) is 0 Å². The fourth-order valence-corrected chi connectivity index (χ4v) is 1.91. The van der Waals surface area contributed by atoms with Crippen molar-refractivity contribution in [3.63, 3.8) is 0 Å². The Labute approximate surface area is 117 Å². The highest BCUT2D eigenvalue weighted by Gasteiger charge is 2.17. The molecule has 0 aliphatic rings. The number of aromatic nitrogens is 1. The Hall–Kier alpha value is -2.56. The number of nitrogen functional groups attached to an aromatic ring is 1. The number of carbonyl (C=O) groups excluding carboxylic acids is 1. The van der Waals surface area contributed by atoms with E-state index in [2.05, 4.69) is 4.98 Å². The molecule has 5 heteroatoms. The number of rotatable bonds is 4. The van der Waals surface area contributed by atoms with Gasteiger partial charge in [-0.1, -0.05) is 12.1 Å². The van der Waals surface area contributed by atoms with Gasteiger partial charge < -0.3 is 15.7 Å². The van der Waals surface area contributed by atoms with Gasteiger partial charge >= 0.3 is 0 Å². The van der Waals surface area contributed by atoms with Gasteiger partial charge in [-0.15, -0.1) is 0 Å². The number of aromatic hydroxyl groups is 1. The molecule has 0 radical (unpaired) electrons. The van der Waals surface area contributed by atoms with Crippen LogP contribution in [0, 0.1) is 0 Å². The van der Waals surface area contributed by atoms with Gasteiger partial charge in [0.25, 0.3) is 5.91 Å². The Morgan fingerprint density at radius 1 is 1.30 bits per heavy atom. The third kappa shape index (κ3) is 3.06. The Balaban J connectivity index is 2.18. The van der Waals surface area contributed by atoms with E-state index in [1.165, 1.54) is 18.5 Å². The molecule has 1 aromatic heterocycles. The van der Waals surface area contributed by atoms with E-state index < -0.39 is 0 Å². The highest BCUT2D eigenvalue weighted by Crippen LogP contribution is 2.18. The van der Waals surface area contributed by atoms with Gasteiger partial charge in [0.15, 0.2) is 0 Å².